The molecule has 3 N–H and O–H groups in total. The van der Waals surface area contributed by atoms with Gasteiger partial charge in [-0.2, -0.15) is 5.10 Å². The number of benzene rings is 1. The lowest BCUT2D eigenvalue weighted by Gasteiger charge is -2.22. The van der Waals surface area contributed by atoms with Crippen molar-refractivity contribution in [3.05, 3.63) is 35.4 Å². The lowest BCUT2D eigenvalue weighted by molar-refractivity contribution is 0.448. The summed E-state index contributed by atoms with van der Waals surface area (Å²) in [5.74, 6) is 0.851. The van der Waals surface area contributed by atoms with E-state index >= 15 is 0 Å². The number of aromatic hydroxyl groups is 1. The minimum absolute atomic E-state index is 0.131. The molecular weight excluding hydrogens is 310 g/mol. The third-order valence-electron chi connectivity index (χ3n) is 2.83. The first-order chi connectivity index (χ1) is 10.6. The third kappa shape index (κ3) is 8.41. The molecule has 128 valence electrons. The van der Waals surface area contributed by atoms with E-state index in [-0.39, 0.29) is 11.2 Å². The molecule has 0 atom stereocenters. The number of alkyl halides is 1. The van der Waals surface area contributed by atoms with E-state index in [4.69, 9.17) is 17.0 Å². The van der Waals surface area contributed by atoms with E-state index in [2.05, 4.69) is 31.3 Å². The van der Waals surface area contributed by atoms with Crippen molar-refractivity contribution in [1.29, 1.82) is 5.41 Å². The highest BCUT2D eigenvalue weighted by Gasteiger charge is 2.20. The van der Waals surface area contributed by atoms with Gasteiger partial charge in [-0.3, -0.25) is 5.43 Å². The molecule has 1 aromatic carbocycles. The van der Waals surface area contributed by atoms with Crippen LogP contribution in [0, 0.1) is 12.3 Å². The molecule has 0 heterocycles. The first kappa shape index (κ1) is 21.2. The van der Waals surface area contributed by atoms with Gasteiger partial charge in [0, 0.05) is 17.2 Å². The molecule has 1 aromatic rings. The van der Waals surface area contributed by atoms with E-state index in [1.165, 1.54) is 6.21 Å². The molecule has 0 aliphatic heterocycles. The fourth-order valence-corrected chi connectivity index (χ4v) is 1.90. The van der Waals surface area contributed by atoms with E-state index < -0.39 is 0 Å². The highest BCUT2D eigenvalue weighted by atomic mass is 35.5. The smallest absolute Gasteiger partial charge is 0.144 e. The summed E-state index contributed by atoms with van der Waals surface area (Å²) in [6.07, 6.45) is 5.22. The Labute approximate surface area is 144 Å². The van der Waals surface area contributed by atoms with Gasteiger partial charge in [0.05, 0.1) is 11.9 Å². The Bertz CT molecular complexity index is 572. The summed E-state index contributed by atoms with van der Waals surface area (Å²) in [7, 11) is 0. The fraction of sp³-hybridized carbons (Fsp3) is 0.444. The van der Waals surface area contributed by atoms with Crippen molar-refractivity contribution in [3.63, 3.8) is 0 Å². The van der Waals surface area contributed by atoms with Gasteiger partial charge < -0.3 is 10.5 Å². The van der Waals surface area contributed by atoms with Crippen LogP contribution >= 0.6 is 11.6 Å². The molecule has 0 bridgehead atoms. The van der Waals surface area contributed by atoms with Crippen LogP contribution < -0.4 is 5.43 Å². The van der Waals surface area contributed by atoms with Crippen LogP contribution in [-0.4, -0.2) is 22.9 Å². The first-order valence-electron chi connectivity index (χ1n) is 7.48. The van der Waals surface area contributed by atoms with Crippen LogP contribution in [0.15, 0.2) is 29.4 Å². The molecule has 1 rings (SSSR count). The molecule has 0 saturated heterocycles. The number of phenolic OH excluding ortho intramolecular Hbond substituents is 1. The molecule has 4 nitrogen and oxygen atoms in total. The predicted molar refractivity (Wildman–Crippen MR) is 103 cm³/mol. The Hall–Kier alpha value is -1.81. The van der Waals surface area contributed by atoms with Crippen molar-refractivity contribution in [1.82, 2.24) is 0 Å². The van der Waals surface area contributed by atoms with E-state index in [1.54, 1.807) is 6.92 Å². The van der Waals surface area contributed by atoms with Gasteiger partial charge in [0.1, 0.15) is 5.75 Å². The zero-order valence-corrected chi connectivity index (χ0v) is 15.6. The van der Waals surface area contributed by atoms with Crippen molar-refractivity contribution < 1.29 is 5.11 Å². The summed E-state index contributed by atoms with van der Waals surface area (Å²) >= 11 is 5.21. The molecule has 0 fully saturated rings. The number of aryl methyl sites for hydroxylation is 1. The number of hydrazone groups is 1. The molecule has 23 heavy (non-hydrogen) atoms. The van der Waals surface area contributed by atoms with Crippen LogP contribution in [0.4, 0.5) is 5.69 Å². The molecule has 0 spiro atoms. The second-order valence-corrected chi connectivity index (χ2v) is 6.54. The highest BCUT2D eigenvalue weighted by Crippen LogP contribution is 2.37. The average Bonchev–Trinajstić information content (AvgIpc) is 2.42. The Kier molecular flexibility index (Phi) is 9.27. The van der Waals surface area contributed by atoms with E-state index in [9.17, 15) is 5.11 Å². The number of halogens is 1. The number of hydrogen-bond donors (Lipinski definition) is 3. The first-order valence-corrected chi connectivity index (χ1v) is 8.02. The number of allylic oxidation sites excluding steroid dienone is 2. The van der Waals surface area contributed by atoms with E-state index in [0.29, 0.717) is 17.3 Å². The number of nitrogens with zero attached hydrogens (tertiary/aromatic N) is 1. The lowest BCUT2D eigenvalue weighted by Crippen LogP contribution is -2.12. The maximum atomic E-state index is 10.2. The van der Waals surface area contributed by atoms with Crippen LogP contribution in [0.2, 0.25) is 0 Å². The summed E-state index contributed by atoms with van der Waals surface area (Å²) in [5.41, 5.74) is 5.50. The monoisotopic (exact) mass is 337 g/mol. The van der Waals surface area contributed by atoms with Crippen molar-refractivity contribution >= 4 is 29.2 Å². The summed E-state index contributed by atoms with van der Waals surface area (Å²) in [4.78, 5) is 0. The fourth-order valence-electron chi connectivity index (χ4n) is 1.72. The van der Waals surface area contributed by atoms with Gasteiger partial charge in [0.25, 0.3) is 0 Å². The summed E-state index contributed by atoms with van der Waals surface area (Å²) in [6, 6.07) is 3.81. The maximum absolute atomic E-state index is 10.2. The van der Waals surface area contributed by atoms with Gasteiger partial charge in [-0.1, -0.05) is 39.0 Å². The molecular formula is C18H28ClN3O. The second kappa shape index (κ2) is 10.1. The Morgan fingerprint density at radius 2 is 2.00 bits per heavy atom. The van der Waals surface area contributed by atoms with Crippen LogP contribution in [0.3, 0.4) is 0 Å². The van der Waals surface area contributed by atoms with Gasteiger partial charge in [-0.15, -0.1) is 11.6 Å². The zero-order valence-electron chi connectivity index (χ0n) is 14.9. The van der Waals surface area contributed by atoms with Crippen LogP contribution in [0.5, 0.6) is 5.75 Å². The molecule has 0 unspecified atom stereocenters. The quantitative estimate of drug-likeness (QED) is 0.231. The molecule has 0 amide bonds. The normalized spacial score (nSPS) is 11.4. The minimum atomic E-state index is -0.131. The molecule has 0 aliphatic carbocycles. The second-order valence-electron chi connectivity index (χ2n) is 6.24. The number of nitrogens with one attached hydrogen (secondary N) is 2. The van der Waals surface area contributed by atoms with Crippen molar-refractivity contribution in [2.24, 2.45) is 5.10 Å². The summed E-state index contributed by atoms with van der Waals surface area (Å²) < 4.78 is 0. The topological polar surface area (TPSA) is 68.5 Å². The van der Waals surface area contributed by atoms with Gasteiger partial charge in [0.2, 0.25) is 0 Å². The summed E-state index contributed by atoms with van der Waals surface area (Å²) in [6.45, 7) is 11.7. The number of phenols is 1. The van der Waals surface area contributed by atoms with Crippen LogP contribution in [0.25, 0.3) is 0 Å². The van der Waals surface area contributed by atoms with E-state index in [0.717, 1.165) is 11.1 Å². The lowest BCUT2D eigenvalue weighted by atomic mass is 9.85. The molecule has 0 saturated carbocycles. The molecule has 5 heteroatoms. The van der Waals surface area contributed by atoms with Crippen molar-refractivity contribution in [2.75, 3.05) is 11.3 Å². The third-order valence-corrected chi connectivity index (χ3v) is 3.01. The van der Waals surface area contributed by atoms with Gasteiger partial charge in [-0.25, -0.2) is 0 Å². The SMILES string of the molecule is C/C=C\CCl.CC(=N)/C=N\Nc1cc(C)cc(C(C)(C)C)c1O. The molecule has 0 aromatic heterocycles. The van der Waals surface area contributed by atoms with Crippen LogP contribution in [-0.2, 0) is 5.41 Å². The van der Waals surface area contributed by atoms with Gasteiger partial charge in [0.15, 0.2) is 0 Å². The number of hydrogen-bond acceptors (Lipinski definition) is 4. The van der Waals surface area contributed by atoms with Gasteiger partial charge in [-0.05, 0) is 37.8 Å². The number of rotatable bonds is 4. The average molecular weight is 338 g/mol. The Balaban J connectivity index is 0.000000841. The standard InChI is InChI=1S/C14H21N3O.C4H7Cl/c1-9-6-11(14(3,4)5)13(18)12(7-9)17-16-8-10(2)15;1-2-3-4-5/h6-8,15,17-18H,1-5H3;2-3H,4H2,1H3/b15-10?,16-8-;3-2-. The van der Waals surface area contributed by atoms with Crippen molar-refractivity contribution in [3.8, 4) is 5.75 Å². The van der Waals surface area contributed by atoms with Crippen LogP contribution in [0.1, 0.15) is 45.7 Å². The molecule has 0 radical (unpaired) electrons. The maximum Gasteiger partial charge on any atom is 0.144 e. The zero-order chi connectivity index (χ0) is 18.0. The van der Waals surface area contributed by atoms with Crippen molar-refractivity contribution in [2.45, 2.75) is 47.0 Å². The van der Waals surface area contributed by atoms with Gasteiger partial charge >= 0.3 is 0 Å². The largest absolute Gasteiger partial charge is 0.505 e. The minimum Gasteiger partial charge on any atom is -0.505 e. The van der Waals surface area contributed by atoms with E-state index in [1.807, 2.05) is 38.1 Å². The Morgan fingerprint density at radius 1 is 1.39 bits per heavy atom. The predicted octanol–water partition coefficient (Wildman–Crippen LogP) is 5.24. The Morgan fingerprint density at radius 3 is 2.39 bits per heavy atom. The molecule has 0 aliphatic rings. The highest BCUT2D eigenvalue weighted by molar-refractivity contribution is 6.28. The summed E-state index contributed by atoms with van der Waals surface area (Å²) in [5, 5.41) is 21.4. The number of anilines is 1.